The van der Waals surface area contributed by atoms with E-state index in [9.17, 15) is 0 Å². The van der Waals surface area contributed by atoms with Crippen LogP contribution in [-0.2, 0) is 6.42 Å². The highest BCUT2D eigenvalue weighted by molar-refractivity contribution is 6.30. The van der Waals surface area contributed by atoms with E-state index in [2.05, 4.69) is 40.2 Å². The lowest BCUT2D eigenvalue weighted by molar-refractivity contribution is 0.263. The molecule has 0 aromatic heterocycles. The molecule has 3 rings (SSSR count). The fourth-order valence-corrected chi connectivity index (χ4v) is 3.25. The van der Waals surface area contributed by atoms with Gasteiger partial charge in [-0.2, -0.15) is 0 Å². The second kappa shape index (κ2) is 7.51. The number of nitrogens with two attached hydrogens (primary N) is 1. The minimum Gasteiger partial charge on any atom is -0.369 e. The molecule has 0 atom stereocenters. The highest BCUT2D eigenvalue weighted by atomic mass is 35.5. The Labute approximate surface area is 142 Å². The molecule has 2 aromatic rings. The van der Waals surface area contributed by atoms with Crippen molar-refractivity contribution in [3.63, 3.8) is 0 Å². The molecule has 1 aliphatic heterocycles. The van der Waals surface area contributed by atoms with Gasteiger partial charge in [0.1, 0.15) is 0 Å². The Kier molecular flexibility index (Phi) is 5.19. The predicted molar refractivity (Wildman–Crippen MR) is 97.2 cm³/mol. The van der Waals surface area contributed by atoms with Crippen molar-refractivity contribution in [3.05, 3.63) is 65.2 Å². The molecule has 1 aliphatic rings. The Morgan fingerprint density at radius 3 is 2.52 bits per heavy atom. The molecule has 3 nitrogen and oxygen atoms in total. The molecule has 0 bridgehead atoms. The Morgan fingerprint density at radius 2 is 1.83 bits per heavy atom. The molecule has 0 radical (unpaired) electrons. The summed E-state index contributed by atoms with van der Waals surface area (Å²) in [5.41, 5.74) is 8.39. The van der Waals surface area contributed by atoms with Gasteiger partial charge in [0.25, 0.3) is 0 Å². The highest BCUT2D eigenvalue weighted by Gasteiger charge is 2.20. The molecule has 0 amide bonds. The SMILES string of the molecule is NC(=Nc1cccc(Cl)c1)N1CCC(Cc2ccccc2)CC1. The first kappa shape index (κ1) is 15.9. The van der Waals surface area contributed by atoms with E-state index in [0.717, 1.165) is 44.0 Å². The highest BCUT2D eigenvalue weighted by Crippen LogP contribution is 2.23. The number of hydrogen-bond acceptors (Lipinski definition) is 1. The molecular weight excluding hydrogens is 306 g/mol. The van der Waals surface area contributed by atoms with E-state index >= 15 is 0 Å². The topological polar surface area (TPSA) is 41.6 Å². The van der Waals surface area contributed by atoms with Crippen molar-refractivity contribution in [3.8, 4) is 0 Å². The fraction of sp³-hybridized carbons (Fsp3) is 0.316. The summed E-state index contributed by atoms with van der Waals surface area (Å²) in [6.07, 6.45) is 3.46. The number of rotatable bonds is 3. The van der Waals surface area contributed by atoms with Gasteiger partial charge in [0.2, 0.25) is 0 Å². The third kappa shape index (κ3) is 4.49. The molecule has 120 valence electrons. The van der Waals surface area contributed by atoms with Crippen molar-refractivity contribution in [2.24, 2.45) is 16.6 Å². The maximum absolute atomic E-state index is 6.16. The molecule has 0 spiro atoms. The Morgan fingerprint density at radius 1 is 1.09 bits per heavy atom. The number of benzene rings is 2. The standard InChI is InChI=1S/C19H22ClN3/c20-17-7-4-8-18(14-17)22-19(21)23-11-9-16(10-12-23)13-15-5-2-1-3-6-15/h1-8,14,16H,9-13H2,(H2,21,22). The zero-order chi connectivity index (χ0) is 16.1. The van der Waals surface area contributed by atoms with Crippen LogP contribution < -0.4 is 5.73 Å². The monoisotopic (exact) mass is 327 g/mol. The number of nitrogens with zero attached hydrogens (tertiary/aromatic N) is 2. The third-order valence-corrected chi connectivity index (χ3v) is 4.59. The second-order valence-corrected chi connectivity index (χ2v) is 6.51. The van der Waals surface area contributed by atoms with E-state index in [0.29, 0.717) is 11.0 Å². The van der Waals surface area contributed by atoms with E-state index in [1.54, 1.807) is 0 Å². The minimum absolute atomic E-state index is 0.588. The van der Waals surface area contributed by atoms with Crippen LogP contribution in [0.2, 0.25) is 5.02 Å². The van der Waals surface area contributed by atoms with Gasteiger partial charge in [-0.1, -0.05) is 48.0 Å². The average molecular weight is 328 g/mol. The van der Waals surface area contributed by atoms with E-state index in [1.165, 1.54) is 5.56 Å². The Balaban J connectivity index is 1.56. The Bertz CT molecular complexity index is 661. The van der Waals surface area contributed by atoms with Crippen LogP contribution in [0.15, 0.2) is 59.6 Å². The van der Waals surface area contributed by atoms with Crippen molar-refractivity contribution in [1.82, 2.24) is 4.90 Å². The lowest BCUT2D eigenvalue weighted by atomic mass is 9.90. The van der Waals surface area contributed by atoms with Crippen LogP contribution in [0.5, 0.6) is 0 Å². The molecule has 2 N–H and O–H groups in total. The average Bonchev–Trinajstić information content (AvgIpc) is 2.56. The summed E-state index contributed by atoms with van der Waals surface area (Å²) in [6.45, 7) is 1.93. The number of guanidine groups is 1. The number of likely N-dealkylation sites (tertiary alicyclic amines) is 1. The molecular formula is C19H22ClN3. The quantitative estimate of drug-likeness (QED) is 0.676. The lowest BCUT2D eigenvalue weighted by Gasteiger charge is -2.32. The van der Waals surface area contributed by atoms with Crippen LogP contribution in [0.25, 0.3) is 0 Å². The zero-order valence-corrected chi connectivity index (χ0v) is 13.9. The molecule has 0 aliphatic carbocycles. The van der Waals surface area contributed by atoms with E-state index in [1.807, 2.05) is 24.3 Å². The third-order valence-electron chi connectivity index (χ3n) is 4.36. The summed E-state index contributed by atoms with van der Waals surface area (Å²) in [4.78, 5) is 6.66. The molecule has 2 aromatic carbocycles. The summed E-state index contributed by atoms with van der Waals surface area (Å²) in [6, 6.07) is 18.2. The molecule has 0 saturated carbocycles. The Hall–Kier alpha value is -2.00. The summed E-state index contributed by atoms with van der Waals surface area (Å²) < 4.78 is 0. The largest absolute Gasteiger partial charge is 0.369 e. The van der Waals surface area contributed by atoms with Crippen molar-refractivity contribution in [2.45, 2.75) is 19.3 Å². The van der Waals surface area contributed by atoms with Crippen LogP contribution >= 0.6 is 11.6 Å². The molecule has 1 heterocycles. The first-order valence-corrected chi connectivity index (χ1v) is 8.47. The first-order valence-electron chi connectivity index (χ1n) is 8.09. The van der Waals surface area contributed by atoms with Gasteiger partial charge in [-0.15, -0.1) is 0 Å². The number of piperidine rings is 1. The number of aliphatic imine (C=N–C) groups is 1. The van der Waals surface area contributed by atoms with Gasteiger partial charge in [-0.05, 0) is 48.9 Å². The van der Waals surface area contributed by atoms with Gasteiger partial charge in [-0.3, -0.25) is 0 Å². The summed E-state index contributed by atoms with van der Waals surface area (Å²) in [5, 5.41) is 0.681. The van der Waals surface area contributed by atoms with Gasteiger partial charge in [0, 0.05) is 18.1 Å². The van der Waals surface area contributed by atoms with E-state index in [-0.39, 0.29) is 0 Å². The van der Waals surface area contributed by atoms with E-state index in [4.69, 9.17) is 17.3 Å². The number of hydrogen-bond donors (Lipinski definition) is 1. The molecule has 0 unspecified atom stereocenters. The van der Waals surface area contributed by atoms with Crippen molar-refractivity contribution in [2.75, 3.05) is 13.1 Å². The first-order chi connectivity index (χ1) is 11.2. The van der Waals surface area contributed by atoms with Crippen LogP contribution in [0.3, 0.4) is 0 Å². The van der Waals surface area contributed by atoms with Gasteiger partial charge in [-0.25, -0.2) is 4.99 Å². The molecule has 1 fully saturated rings. The van der Waals surface area contributed by atoms with Crippen LogP contribution in [0.1, 0.15) is 18.4 Å². The van der Waals surface area contributed by atoms with Gasteiger partial charge < -0.3 is 10.6 Å². The molecule has 4 heteroatoms. The summed E-state index contributed by atoms with van der Waals surface area (Å²) in [5.74, 6) is 1.32. The van der Waals surface area contributed by atoms with Crippen LogP contribution in [-0.4, -0.2) is 23.9 Å². The van der Waals surface area contributed by atoms with Crippen molar-refractivity contribution in [1.29, 1.82) is 0 Å². The normalized spacial score (nSPS) is 16.6. The maximum atomic E-state index is 6.16. The van der Waals surface area contributed by atoms with Gasteiger partial charge >= 0.3 is 0 Å². The van der Waals surface area contributed by atoms with Gasteiger partial charge in [0.15, 0.2) is 5.96 Å². The van der Waals surface area contributed by atoms with Crippen molar-refractivity contribution < 1.29 is 0 Å². The van der Waals surface area contributed by atoms with Gasteiger partial charge in [0.05, 0.1) is 5.69 Å². The second-order valence-electron chi connectivity index (χ2n) is 6.07. The van der Waals surface area contributed by atoms with Crippen LogP contribution in [0.4, 0.5) is 5.69 Å². The zero-order valence-electron chi connectivity index (χ0n) is 13.2. The minimum atomic E-state index is 0.588. The summed E-state index contributed by atoms with van der Waals surface area (Å²) in [7, 11) is 0. The number of halogens is 1. The predicted octanol–water partition coefficient (Wildman–Crippen LogP) is 4.24. The smallest absolute Gasteiger partial charge is 0.196 e. The maximum Gasteiger partial charge on any atom is 0.196 e. The summed E-state index contributed by atoms with van der Waals surface area (Å²) >= 11 is 5.99. The van der Waals surface area contributed by atoms with Crippen molar-refractivity contribution >= 4 is 23.2 Å². The molecule has 1 saturated heterocycles. The lowest BCUT2D eigenvalue weighted by Crippen LogP contribution is -2.43. The fourth-order valence-electron chi connectivity index (χ4n) is 3.06. The van der Waals surface area contributed by atoms with Crippen LogP contribution in [0, 0.1) is 5.92 Å². The molecule has 23 heavy (non-hydrogen) atoms. The van der Waals surface area contributed by atoms with E-state index < -0.39 is 0 Å².